The maximum absolute atomic E-state index is 12.6. The minimum atomic E-state index is -0.939. The lowest BCUT2D eigenvalue weighted by Crippen LogP contribution is -2.32. The number of aliphatic hydroxyl groups is 2. The van der Waals surface area contributed by atoms with Crippen molar-refractivity contribution in [2.75, 3.05) is 0 Å². The highest BCUT2D eigenvalue weighted by molar-refractivity contribution is 5.82. The summed E-state index contributed by atoms with van der Waals surface area (Å²) in [5.74, 6) is -0.110. The van der Waals surface area contributed by atoms with Gasteiger partial charge in [0.05, 0.1) is 24.4 Å². The Morgan fingerprint density at radius 2 is 1.97 bits per heavy atom. The first-order valence-corrected chi connectivity index (χ1v) is 13.2. The van der Waals surface area contributed by atoms with Crippen LogP contribution in [0.5, 0.6) is 0 Å². The van der Waals surface area contributed by atoms with Crippen molar-refractivity contribution in [1.82, 2.24) is 0 Å². The Bertz CT molecular complexity index is 842. The number of fused-ring (bicyclic) bond motifs is 3. The topological polar surface area (TPSA) is 88.5 Å². The number of esters is 1. The average Bonchev–Trinajstić information content (AvgIpc) is 3.62. The van der Waals surface area contributed by atoms with E-state index < -0.39 is 24.3 Å². The van der Waals surface area contributed by atoms with Gasteiger partial charge in [-0.05, 0) is 63.7 Å². The number of rotatable bonds is 3. The quantitative estimate of drug-likeness (QED) is 0.349. The second-order valence-electron chi connectivity index (χ2n) is 10.3. The van der Waals surface area contributed by atoms with Gasteiger partial charge in [-0.15, -0.1) is 0 Å². The third kappa shape index (κ3) is 8.28. The first kappa shape index (κ1) is 26.1. The first-order valence-electron chi connectivity index (χ1n) is 13.2. The van der Waals surface area contributed by atoms with E-state index in [1.54, 1.807) is 12.2 Å². The van der Waals surface area contributed by atoms with Crippen molar-refractivity contribution in [3.8, 4) is 0 Å². The van der Waals surface area contributed by atoms with E-state index in [2.05, 4.69) is 24.8 Å². The van der Waals surface area contributed by atoms with Crippen LogP contribution in [0, 0.1) is 5.92 Å². The lowest BCUT2D eigenvalue weighted by molar-refractivity contribution is -0.148. The van der Waals surface area contributed by atoms with E-state index in [0.717, 1.165) is 50.5 Å². The van der Waals surface area contributed by atoms with E-state index >= 15 is 0 Å². The molecule has 2 bridgehead atoms. The Balaban J connectivity index is 1.42. The monoisotopic (exact) mass is 484 g/mol. The highest BCUT2D eigenvalue weighted by Crippen LogP contribution is 2.34. The zero-order chi connectivity index (χ0) is 24.6. The van der Waals surface area contributed by atoms with Crippen LogP contribution in [0.2, 0.25) is 0 Å². The van der Waals surface area contributed by atoms with Crippen LogP contribution in [-0.4, -0.2) is 58.9 Å². The molecule has 0 aromatic heterocycles. The first-order chi connectivity index (χ1) is 17.0. The van der Waals surface area contributed by atoms with Crippen LogP contribution in [0.25, 0.3) is 0 Å². The molecule has 3 heterocycles. The number of carbonyl (C=O) groups excluding carboxylic acids is 1. The number of ether oxygens (including phenoxy) is 3. The van der Waals surface area contributed by atoms with Crippen LogP contribution < -0.4 is 0 Å². The third-order valence-corrected chi connectivity index (χ3v) is 7.30. The molecule has 0 aromatic rings. The summed E-state index contributed by atoms with van der Waals surface area (Å²) in [5.41, 5.74) is 1.01. The Morgan fingerprint density at radius 3 is 2.80 bits per heavy atom. The van der Waals surface area contributed by atoms with Gasteiger partial charge in [-0.2, -0.15) is 0 Å². The van der Waals surface area contributed by atoms with Crippen molar-refractivity contribution in [3.05, 3.63) is 60.8 Å². The zero-order valence-electron chi connectivity index (χ0n) is 20.5. The van der Waals surface area contributed by atoms with Crippen LogP contribution in [0.4, 0.5) is 0 Å². The van der Waals surface area contributed by atoms with Crippen LogP contribution in [0.1, 0.15) is 64.2 Å². The molecule has 5 unspecified atom stereocenters. The minimum absolute atomic E-state index is 0.0591. The highest BCUT2D eigenvalue weighted by atomic mass is 16.6. The van der Waals surface area contributed by atoms with Crippen LogP contribution in [-0.2, 0) is 19.0 Å². The molecule has 4 aliphatic rings. The van der Waals surface area contributed by atoms with Crippen LogP contribution in [0.3, 0.4) is 0 Å². The molecule has 2 N–H and O–H groups in total. The third-order valence-electron chi connectivity index (χ3n) is 7.30. The van der Waals surface area contributed by atoms with Crippen molar-refractivity contribution >= 4 is 5.97 Å². The van der Waals surface area contributed by atoms with Crippen molar-refractivity contribution in [3.63, 3.8) is 0 Å². The summed E-state index contributed by atoms with van der Waals surface area (Å²) < 4.78 is 17.6. The molecule has 0 spiro atoms. The van der Waals surface area contributed by atoms with Gasteiger partial charge < -0.3 is 24.4 Å². The van der Waals surface area contributed by atoms with Gasteiger partial charge in [0.2, 0.25) is 0 Å². The van der Waals surface area contributed by atoms with E-state index in [9.17, 15) is 15.0 Å². The molecule has 0 saturated carbocycles. The van der Waals surface area contributed by atoms with Crippen molar-refractivity contribution in [2.45, 2.75) is 107 Å². The second-order valence-corrected chi connectivity index (χ2v) is 10.3. The van der Waals surface area contributed by atoms with Crippen LogP contribution in [0.15, 0.2) is 60.8 Å². The fourth-order valence-electron chi connectivity index (χ4n) is 5.19. The number of aliphatic hydroxyl groups excluding tert-OH is 2. The summed E-state index contributed by atoms with van der Waals surface area (Å²) in [6.07, 6.45) is 20.8. The molecule has 8 atom stereocenters. The number of cyclic esters (lactones) is 1. The molecule has 6 nitrogen and oxygen atoms in total. The minimum Gasteiger partial charge on any atom is -0.456 e. The maximum atomic E-state index is 12.6. The smallest absolute Gasteiger partial charge is 0.330 e. The predicted octanol–water partition coefficient (Wildman–Crippen LogP) is 4.48. The summed E-state index contributed by atoms with van der Waals surface area (Å²) in [6.45, 7) is 4.15. The molecule has 1 fully saturated rings. The highest BCUT2D eigenvalue weighted by Gasteiger charge is 2.46. The van der Waals surface area contributed by atoms with Crippen LogP contribution >= 0.6 is 0 Å². The van der Waals surface area contributed by atoms with Gasteiger partial charge in [0.1, 0.15) is 18.3 Å². The molecule has 35 heavy (non-hydrogen) atoms. The molecule has 0 aromatic carbocycles. The maximum Gasteiger partial charge on any atom is 0.330 e. The number of epoxide rings is 1. The molecule has 192 valence electrons. The van der Waals surface area contributed by atoms with Gasteiger partial charge in [0.25, 0.3) is 0 Å². The normalized spacial score (nSPS) is 38.7. The van der Waals surface area contributed by atoms with Crippen molar-refractivity contribution in [2.24, 2.45) is 5.92 Å². The molecule has 6 heteroatoms. The van der Waals surface area contributed by atoms with E-state index in [1.807, 2.05) is 12.2 Å². The van der Waals surface area contributed by atoms with E-state index in [4.69, 9.17) is 14.2 Å². The Kier molecular flexibility index (Phi) is 9.55. The van der Waals surface area contributed by atoms with Gasteiger partial charge >= 0.3 is 5.97 Å². The largest absolute Gasteiger partial charge is 0.456 e. The summed E-state index contributed by atoms with van der Waals surface area (Å²) in [6, 6.07) is 0. The van der Waals surface area contributed by atoms with Gasteiger partial charge in [0.15, 0.2) is 0 Å². The summed E-state index contributed by atoms with van der Waals surface area (Å²) in [5, 5.41) is 21.5. The molecular weight excluding hydrogens is 444 g/mol. The summed E-state index contributed by atoms with van der Waals surface area (Å²) in [4.78, 5) is 12.6. The number of hydrogen-bond acceptors (Lipinski definition) is 6. The Labute approximate surface area is 209 Å². The van der Waals surface area contributed by atoms with Gasteiger partial charge in [-0.3, -0.25) is 0 Å². The SMILES string of the molecule is C=C1CCC[C@@H]2CC=CC(C/C=C\C(=O)OC(C(O)/C=C/C3CC=CCC3)C[C@@H]3OC3[C@@H](O)C1)O2. The fourth-order valence-corrected chi connectivity index (χ4v) is 5.19. The Hall–Kier alpha value is -1.99. The Morgan fingerprint density at radius 1 is 1.09 bits per heavy atom. The predicted molar refractivity (Wildman–Crippen MR) is 135 cm³/mol. The lowest BCUT2D eigenvalue weighted by atomic mass is 9.93. The van der Waals surface area contributed by atoms with Gasteiger partial charge in [0, 0.05) is 12.5 Å². The standard InChI is InChI=1S/C29H40O6/c1-20-8-5-11-22-12-6-13-23(33-22)14-7-15-28(32)34-26(19-27-29(35-27)25(31)18-20)24(30)17-16-21-9-3-2-4-10-21/h2-3,6-7,13,15-17,21-27,29-31H,1,4-5,8-12,14,18-19H2/b15-7-,17-16+/t21?,22-,23?,24?,25+,26?,27+,29?/m1/s1. The summed E-state index contributed by atoms with van der Waals surface area (Å²) in [7, 11) is 0. The average molecular weight is 485 g/mol. The second kappa shape index (κ2) is 12.8. The number of hydrogen-bond donors (Lipinski definition) is 2. The molecule has 0 radical (unpaired) electrons. The van der Waals surface area contributed by atoms with E-state index in [1.165, 1.54) is 6.08 Å². The van der Waals surface area contributed by atoms with E-state index in [-0.39, 0.29) is 24.4 Å². The van der Waals surface area contributed by atoms with Gasteiger partial charge in [-0.1, -0.05) is 54.7 Å². The molecule has 1 aliphatic carbocycles. The zero-order valence-corrected chi connectivity index (χ0v) is 20.5. The van der Waals surface area contributed by atoms with Crippen molar-refractivity contribution in [1.29, 1.82) is 0 Å². The fraction of sp³-hybridized carbons (Fsp3) is 0.621. The summed E-state index contributed by atoms with van der Waals surface area (Å²) >= 11 is 0. The molecule has 3 aliphatic heterocycles. The van der Waals surface area contributed by atoms with Crippen molar-refractivity contribution < 1.29 is 29.2 Å². The molecule has 0 amide bonds. The lowest BCUT2D eigenvalue weighted by Gasteiger charge is -2.25. The number of carbonyl (C=O) groups is 1. The molecule has 4 rings (SSSR count). The molecular formula is C29H40O6. The number of allylic oxidation sites excluding steroid dienone is 3. The molecule has 1 saturated heterocycles. The van der Waals surface area contributed by atoms with Gasteiger partial charge in [-0.25, -0.2) is 4.79 Å². The van der Waals surface area contributed by atoms with E-state index in [0.29, 0.717) is 25.2 Å².